The van der Waals surface area contributed by atoms with Gasteiger partial charge in [-0.05, 0) is 94.3 Å². The highest BCUT2D eigenvalue weighted by Gasteiger charge is 2.18. The molecule has 0 spiro atoms. The lowest BCUT2D eigenvalue weighted by atomic mass is 9.91. The number of rotatable bonds is 4. The molecule has 4 heterocycles. The first-order valence-corrected chi connectivity index (χ1v) is 17.0. The first-order chi connectivity index (χ1) is 23.5. The molecular formula is C44H34N4. The van der Waals surface area contributed by atoms with E-state index >= 15 is 0 Å². The van der Waals surface area contributed by atoms with Gasteiger partial charge in [0.25, 0.3) is 0 Å². The smallest absolute Gasteiger partial charge is 0.146 e. The summed E-state index contributed by atoms with van der Waals surface area (Å²) in [6.07, 6.45) is 0.930. The molecule has 0 aliphatic heterocycles. The molecule has 0 N–H and O–H groups in total. The minimum Gasteiger partial charge on any atom is -0.292 e. The average Bonchev–Trinajstić information content (AvgIpc) is 3.71. The summed E-state index contributed by atoms with van der Waals surface area (Å²) in [7, 11) is 0. The molecule has 1 unspecified atom stereocenters. The zero-order valence-corrected chi connectivity index (χ0v) is 27.3. The Bertz CT molecular complexity index is 2920. The minimum absolute atomic E-state index is 0.311. The molecule has 0 aliphatic carbocycles. The lowest BCUT2D eigenvalue weighted by Gasteiger charge is -2.17. The van der Waals surface area contributed by atoms with E-state index in [0.29, 0.717) is 11.8 Å². The maximum absolute atomic E-state index is 5.19. The fourth-order valence-corrected chi connectivity index (χ4v) is 8.02. The van der Waals surface area contributed by atoms with Gasteiger partial charge in [-0.2, -0.15) is 0 Å². The van der Waals surface area contributed by atoms with Gasteiger partial charge in [0.15, 0.2) is 0 Å². The fourth-order valence-electron chi connectivity index (χ4n) is 8.02. The summed E-state index contributed by atoms with van der Waals surface area (Å²) in [6.45, 7) is 6.89. The third kappa shape index (κ3) is 3.89. The highest BCUT2D eigenvalue weighted by Crippen LogP contribution is 2.37. The van der Waals surface area contributed by atoms with E-state index in [4.69, 9.17) is 9.97 Å². The molecular weight excluding hydrogens is 585 g/mol. The summed E-state index contributed by atoms with van der Waals surface area (Å²) in [5, 5.41) is 7.44. The number of hydrogen-bond donors (Lipinski definition) is 0. The fraction of sp³-hybridized carbons (Fsp3) is 0.136. The van der Waals surface area contributed by atoms with Crippen LogP contribution in [0.3, 0.4) is 0 Å². The average molecular weight is 619 g/mol. The summed E-state index contributed by atoms with van der Waals surface area (Å²) in [6, 6.07) is 46.7. The van der Waals surface area contributed by atoms with Crippen molar-refractivity contribution >= 4 is 76.7 Å². The van der Waals surface area contributed by atoms with Crippen LogP contribution in [0.5, 0.6) is 0 Å². The van der Waals surface area contributed by atoms with Crippen molar-refractivity contribution in [1.82, 2.24) is 18.8 Å². The normalized spacial score (nSPS) is 13.1. The zero-order chi connectivity index (χ0) is 32.1. The number of aromatic nitrogens is 4. The Balaban J connectivity index is 1.14. The second kappa shape index (κ2) is 10.1. The molecule has 4 heteroatoms. The van der Waals surface area contributed by atoms with E-state index in [2.05, 4.69) is 157 Å². The van der Waals surface area contributed by atoms with Crippen LogP contribution in [0, 0.1) is 0 Å². The molecule has 0 bridgehead atoms. The number of pyridine rings is 2. The highest BCUT2D eigenvalue weighted by atomic mass is 15.0. The first kappa shape index (κ1) is 27.4. The molecule has 10 aromatic rings. The molecule has 230 valence electrons. The first-order valence-electron chi connectivity index (χ1n) is 17.0. The number of hydrogen-bond acceptors (Lipinski definition) is 2. The van der Waals surface area contributed by atoms with Gasteiger partial charge in [-0.3, -0.25) is 8.80 Å². The minimum atomic E-state index is 0.311. The summed E-state index contributed by atoms with van der Waals surface area (Å²) in [5.74, 6) is 0.771. The van der Waals surface area contributed by atoms with Gasteiger partial charge in [0.1, 0.15) is 11.3 Å². The Labute approximate surface area is 277 Å². The molecule has 6 aromatic carbocycles. The molecule has 4 nitrogen and oxygen atoms in total. The second-order valence-corrected chi connectivity index (χ2v) is 13.8. The second-order valence-electron chi connectivity index (χ2n) is 13.8. The van der Waals surface area contributed by atoms with Gasteiger partial charge < -0.3 is 0 Å². The Morgan fingerprint density at radius 3 is 1.81 bits per heavy atom. The van der Waals surface area contributed by atoms with Crippen molar-refractivity contribution in [2.75, 3.05) is 0 Å². The molecule has 4 aromatic heterocycles. The van der Waals surface area contributed by atoms with Gasteiger partial charge in [-0.1, -0.05) is 99.6 Å². The third-order valence-corrected chi connectivity index (χ3v) is 10.5. The summed E-state index contributed by atoms with van der Waals surface area (Å²) < 4.78 is 4.72. The van der Waals surface area contributed by atoms with Crippen LogP contribution in [0.25, 0.3) is 76.7 Å². The van der Waals surface area contributed by atoms with Gasteiger partial charge in [0.2, 0.25) is 0 Å². The predicted octanol–water partition coefficient (Wildman–Crippen LogP) is 11.4. The predicted molar refractivity (Wildman–Crippen MR) is 202 cm³/mol. The van der Waals surface area contributed by atoms with E-state index in [1.807, 2.05) is 0 Å². The van der Waals surface area contributed by atoms with Crippen LogP contribution in [0.2, 0.25) is 0 Å². The number of fused-ring (bicyclic) bond motifs is 16. The summed E-state index contributed by atoms with van der Waals surface area (Å²) in [4.78, 5) is 10.3. The van der Waals surface area contributed by atoms with E-state index in [1.54, 1.807) is 0 Å². The van der Waals surface area contributed by atoms with Crippen LogP contribution < -0.4 is 0 Å². The lowest BCUT2D eigenvalue weighted by molar-refractivity contribution is 0.761. The van der Waals surface area contributed by atoms with Gasteiger partial charge in [-0.25, -0.2) is 9.97 Å². The maximum atomic E-state index is 5.19. The number of benzene rings is 6. The van der Waals surface area contributed by atoms with Crippen molar-refractivity contribution in [2.45, 2.75) is 39.0 Å². The van der Waals surface area contributed by atoms with E-state index < -0.39 is 0 Å². The van der Waals surface area contributed by atoms with E-state index in [9.17, 15) is 0 Å². The topological polar surface area (TPSA) is 34.6 Å². The number of imidazole rings is 2. The van der Waals surface area contributed by atoms with Crippen molar-refractivity contribution in [3.05, 3.63) is 144 Å². The standard InChI is InChI=1S/C44H34N4/c1-26(2)29-18-21-39-35(24-29)32-19-16-28(23-36(32)44-46-37-12-6-8-14-40(37)47(39)44)22-27(3)30-17-20-33-31-10-4-5-11-34(31)43-45-38-13-7-9-15-41(38)48(43)42(33)25-30/h4-21,23-27H,22H2,1-3H3. The SMILES string of the molecule is CC(C)c1ccc2c(c1)c1ccc(CC(C)c3ccc4c5ccccc5c5nc6ccccc6n5c4c3)cc1c1nc3ccccc3n21. The van der Waals surface area contributed by atoms with Gasteiger partial charge in [-0.15, -0.1) is 0 Å². The maximum Gasteiger partial charge on any atom is 0.146 e. The van der Waals surface area contributed by atoms with Crippen molar-refractivity contribution in [3.8, 4) is 0 Å². The Hall–Kier alpha value is -5.74. The lowest BCUT2D eigenvalue weighted by Crippen LogP contribution is -2.01. The molecule has 0 fully saturated rings. The zero-order valence-electron chi connectivity index (χ0n) is 27.3. The van der Waals surface area contributed by atoms with Crippen molar-refractivity contribution < 1.29 is 0 Å². The molecule has 0 amide bonds. The molecule has 0 aliphatic rings. The van der Waals surface area contributed by atoms with E-state index in [0.717, 1.165) is 39.8 Å². The molecule has 10 rings (SSSR count). The largest absolute Gasteiger partial charge is 0.292 e. The van der Waals surface area contributed by atoms with E-state index in [-0.39, 0.29) is 0 Å². The van der Waals surface area contributed by atoms with Crippen molar-refractivity contribution in [1.29, 1.82) is 0 Å². The Morgan fingerprint density at radius 1 is 0.458 bits per heavy atom. The molecule has 1 atom stereocenters. The molecule has 0 saturated carbocycles. The van der Waals surface area contributed by atoms with Gasteiger partial charge in [0, 0.05) is 21.5 Å². The Morgan fingerprint density at radius 2 is 1.06 bits per heavy atom. The number of nitrogens with zero attached hydrogens (tertiary/aromatic N) is 4. The van der Waals surface area contributed by atoms with Crippen LogP contribution in [0.1, 0.15) is 49.3 Å². The monoisotopic (exact) mass is 618 g/mol. The highest BCUT2D eigenvalue weighted by molar-refractivity contribution is 6.15. The summed E-state index contributed by atoms with van der Waals surface area (Å²) >= 11 is 0. The van der Waals surface area contributed by atoms with Crippen molar-refractivity contribution in [3.63, 3.8) is 0 Å². The molecule has 0 saturated heterocycles. The number of para-hydroxylation sites is 4. The van der Waals surface area contributed by atoms with Crippen molar-refractivity contribution in [2.24, 2.45) is 0 Å². The molecule has 48 heavy (non-hydrogen) atoms. The van der Waals surface area contributed by atoms with Gasteiger partial charge >= 0.3 is 0 Å². The van der Waals surface area contributed by atoms with Crippen LogP contribution >= 0.6 is 0 Å². The van der Waals surface area contributed by atoms with Crippen LogP contribution in [0.4, 0.5) is 0 Å². The molecule has 0 radical (unpaired) electrons. The quantitative estimate of drug-likeness (QED) is 0.184. The van der Waals surface area contributed by atoms with Crippen LogP contribution in [-0.4, -0.2) is 18.8 Å². The summed E-state index contributed by atoms with van der Waals surface area (Å²) in [5.41, 5.74) is 12.8. The third-order valence-electron chi connectivity index (χ3n) is 10.5. The Kier molecular flexibility index (Phi) is 5.78. The van der Waals surface area contributed by atoms with Gasteiger partial charge in [0.05, 0.1) is 33.1 Å². The van der Waals surface area contributed by atoms with E-state index in [1.165, 1.54) is 60.0 Å². The van der Waals surface area contributed by atoms with Crippen LogP contribution in [-0.2, 0) is 6.42 Å². The van der Waals surface area contributed by atoms with Crippen LogP contribution in [0.15, 0.2) is 127 Å².